The molecule has 98 valence electrons. The molecule has 0 bridgehead atoms. The first-order valence-corrected chi connectivity index (χ1v) is 6.99. The van der Waals surface area contributed by atoms with Crippen molar-refractivity contribution >= 4 is 34.0 Å². The van der Waals surface area contributed by atoms with E-state index in [0.717, 1.165) is 29.5 Å². The van der Waals surface area contributed by atoms with Crippen molar-refractivity contribution in [3.05, 3.63) is 31.9 Å². The molecule has 0 amide bonds. The van der Waals surface area contributed by atoms with Gasteiger partial charge in [0, 0.05) is 29.3 Å². The molecule has 1 aromatic carbocycles. The quantitative estimate of drug-likeness (QED) is 0.508. The number of hydrogen-bond donors (Lipinski definition) is 1. The minimum absolute atomic E-state index is 0.173. The Labute approximate surface area is 119 Å². The molecule has 0 aliphatic carbocycles. The smallest absolute Gasteiger partial charge is 0.293 e. The van der Waals surface area contributed by atoms with Crippen LogP contribution in [0.15, 0.2) is 18.2 Å². The fraction of sp³-hybridized carbons (Fsp3) is 0.500. The van der Waals surface area contributed by atoms with Gasteiger partial charge >= 0.3 is 0 Å². The first-order chi connectivity index (χ1) is 8.61. The van der Waals surface area contributed by atoms with Crippen LogP contribution in [-0.2, 0) is 0 Å². The van der Waals surface area contributed by atoms with Crippen LogP contribution in [0.2, 0.25) is 0 Å². The third-order valence-corrected chi connectivity index (χ3v) is 3.97. The molecule has 1 atom stereocenters. The van der Waals surface area contributed by atoms with Crippen LogP contribution in [0.25, 0.3) is 0 Å². The molecule has 1 aromatic rings. The van der Waals surface area contributed by atoms with E-state index < -0.39 is 0 Å². The Balaban J connectivity index is 2.21. The largest absolute Gasteiger partial charge is 0.396 e. The molecule has 2 rings (SSSR count). The summed E-state index contributed by atoms with van der Waals surface area (Å²) in [5, 5.41) is 20.0. The molecule has 1 heterocycles. The van der Waals surface area contributed by atoms with Crippen molar-refractivity contribution in [2.24, 2.45) is 5.92 Å². The van der Waals surface area contributed by atoms with Crippen LogP contribution in [-0.4, -0.2) is 29.7 Å². The van der Waals surface area contributed by atoms with Crippen LogP contribution in [0.4, 0.5) is 11.4 Å². The van der Waals surface area contributed by atoms with Gasteiger partial charge in [-0.3, -0.25) is 10.1 Å². The number of anilines is 1. The van der Waals surface area contributed by atoms with E-state index in [9.17, 15) is 10.1 Å². The number of hydrogen-bond acceptors (Lipinski definition) is 4. The number of aliphatic hydroxyl groups excluding tert-OH is 1. The van der Waals surface area contributed by atoms with Gasteiger partial charge in [-0.25, -0.2) is 0 Å². The lowest BCUT2D eigenvalue weighted by molar-refractivity contribution is -0.384. The third kappa shape index (κ3) is 2.92. The zero-order valence-corrected chi connectivity index (χ0v) is 12.0. The van der Waals surface area contributed by atoms with E-state index in [1.54, 1.807) is 6.07 Å². The van der Waals surface area contributed by atoms with E-state index in [1.165, 1.54) is 0 Å². The molecule has 1 saturated heterocycles. The van der Waals surface area contributed by atoms with E-state index in [4.69, 9.17) is 5.11 Å². The summed E-state index contributed by atoms with van der Waals surface area (Å²) in [6.45, 7) is 1.81. The number of benzene rings is 1. The Morgan fingerprint density at radius 2 is 2.33 bits per heavy atom. The van der Waals surface area contributed by atoms with E-state index >= 15 is 0 Å². The second kappa shape index (κ2) is 5.83. The minimum atomic E-state index is -0.323. The monoisotopic (exact) mass is 362 g/mol. The van der Waals surface area contributed by atoms with Crippen molar-refractivity contribution in [3.63, 3.8) is 0 Å². The fourth-order valence-electron chi connectivity index (χ4n) is 2.38. The molecular weight excluding hydrogens is 347 g/mol. The summed E-state index contributed by atoms with van der Waals surface area (Å²) in [5.74, 6) is 0.439. The Kier molecular flexibility index (Phi) is 4.39. The normalized spacial score (nSPS) is 19.2. The first-order valence-electron chi connectivity index (χ1n) is 5.91. The second-order valence-electron chi connectivity index (χ2n) is 4.50. The number of rotatable bonds is 4. The molecular formula is C12H15IN2O3. The lowest BCUT2D eigenvalue weighted by Crippen LogP contribution is -2.21. The van der Waals surface area contributed by atoms with Crippen molar-refractivity contribution in [1.29, 1.82) is 0 Å². The lowest BCUT2D eigenvalue weighted by atomic mass is 10.1. The van der Waals surface area contributed by atoms with E-state index in [1.807, 2.05) is 12.1 Å². The molecule has 1 N–H and O–H groups in total. The number of halogens is 1. The molecule has 18 heavy (non-hydrogen) atoms. The van der Waals surface area contributed by atoms with Crippen LogP contribution in [0.1, 0.15) is 12.8 Å². The van der Waals surface area contributed by atoms with Gasteiger partial charge < -0.3 is 10.0 Å². The summed E-state index contributed by atoms with van der Waals surface area (Å²) >= 11 is 2.08. The maximum atomic E-state index is 11.1. The predicted octanol–water partition coefficient (Wildman–Crippen LogP) is 2.41. The van der Waals surface area contributed by atoms with Gasteiger partial charge in [-0.15, -0.1) is 0 Å². The van der Waals surface area contributed by atoms with Gasteiger partial charge in [-0.2, -0.15) is 0 Å². The van der Waals surface area contributed by atoms with Crippen LogP contribution < -0.4 is 4.90 Å². The first kappa shape index (κ1) is 13.5. The molecule has 1 fully saturated rings. The summed E-state index contributed by atoms with van der Waals surface area (Å²) in [4.78, 5) is 12.8. The van der Waals surface area contributed by atoms with Crippen LogP contribution >= 0.6 is 22.6 Å². The maximum absolute atomic E-state index is 11.1. The molecule has 0 spiro atoms. The number of nitro groups is 1. The highest BCUT2D eigenvalue weighted by Crippen LogP contribution is 2.33. The Morgan fingerprint density at radius 1 is 1.56 bits per heavy atom. The average Bonchev–Trinajstić information content (AvgIpc) is 2.78. The van der Waals surface area contributed by atoms with Gasteiger partial charge in [-0.05, 0) is 53.5 Å². The summed E-state index contributed by atoms with van der Waals surface area (Å²) in [6.07, 6.45) is 1.76. The third-order valence-electron chi connectivity index (χ3n) is 3.30. The van der Waals surface area contributed by atoms with Crippen molar-refractivity contribution < 1.29 is 10.0 Å². The van der Waals surface area contributed by atoms with Crippen LogP contribution in [0.5, 0.6) is 0 Å². The molecule has 0 saturated carbocycles. The Bertz CT molecular complexity index is 453. The molecule has 1 aliphatic heterocycles. The summed E-state index contributed by atoms with van der Waals surface area (Å²) in [7, 11) is 0. The molecule has 0 aromatic heterocycles. The zero-order chi connectivity index (χ0) is 13.1. The highest BCUT2D eigenvalue weighted by Gasteiger charge is 2.27. The standard InChI is InChI=1S/C12H15IN2O3/c13-10-1-2-11(12(7-10)15(17)18)14-5-3-9(8-14)4-6-16/h1-2,7,9,16H,3-6,8H2. The number of nitrogens with zero attached hydrogens (tertiary/aromatic N) is 2. The molecule has 6 heteroatoms. The SMILES string of the molecule is O=[N+]([O-])c1cc(I)ccc1N1CCC(CCO)C1. The number of nitro benzene ring substituents is 1. The van der Waals surface area contributed by atoms with Crippen LogP contribution in [0, 0.1) is 19.6 Å². The van der Waals surface area contributed by atoms with Gasteiger partial charge in [0.15, 0.2) is 0 Å². The minimum Gasteiger partial charge on any atom is -0.396 e. The molecule has 1 unspecified atom stereocenters. The highest BCUT2D eigenvalue weighted by molar-refractivity contribution is 14.1. The van der Waals surface area contributed by atoms with Gasteiger partial charge in [0.05, 0.1) is 4.92 Å². The van der Waals surface area contributed by atoms with E-state index in [-0.39, 0.29) is 17.2 Å². The lowest BCUT2D eigenvalue weighted by Gasteiger charge is -2.18. The van der Waals surface area contributed by atoms with Gasteiger partial charge in [0.25, 0.3) is 5.69 Å². The van der Waals surface area contributed by atoms with Gasteiger partial charge in [-0.1, -0.05) is 0 Å². The predicted molar refractivity (Wildman–Crippen MR) is 77.8 cm³/mol. The van der Waals surface area contributed by atoms with Crippen molar-refractivity contribution in [3.8, 4) is 0 Å². The zero-order valence-electron chi connectivity index (χ0n) is 9.88. The van der Waals surface area contributed by atoms with E-state index in [0.29, 0.717) is 11.6 Å². The topological polar surface area (TPSA) is 66.6 Å². The van der Waals surface area contributed by atoms with Crippen molar-refractivity contribution in [1.82, 2.24) is 0 Å². The highest BCUT2D eigenvalue weighted by atomic mass is 127. The molecule has 1 aliphatic rings. The molecule has 0 radical (unpaired) electrons. The van der Waals surface area contributed by atoms with Gasteiger partial charge in [0.2, 0.25) is 0 Å². The van der Waals surface area contributed by atoms with Crippen molar-refractivity contribution in [2.45, 2.75) is 12.8 Å². The summed E-state index contributed by atoms with van der Waals surface area (Å²) in [6, 6.07) is 5.32. The Morgan fingerprint density at radius 3 is 3.00 bits per heavy atom. The van der Waals surface area contributed by atoms with E-state index in [2.05, 4.69) is 27.5 Å². The molecule has 5 nitrogen and oxygen atoms in total. The van der Waals surface area contributed by atoms with Crippen molar-refractivity contribution in [2.75, 3.05) is 24.6 Å². The van der Waals surface area contributed by atoms with Crippen LogP contribution in [0.3, 0.4) is 0 Å². The number of aliphatic hydroxyl groups is 1. The summed E-state index contributed by atoms with van der Waals surface area (Å²) < 4.78 is 0.870. The Hall–Kier alpha value is -0.890. The van der Waals surface area contributed by atoms with Gasteiger partial charge in [0.1, 0.15) is 5.69 Å². The summed E-state index contributed by atoms with van der Waals surface area (Å²) in [5.41, 5.74) is 0.868. The second-order valence-corrected chi connectivity index (χ2v) is 5.75. The fourth-order valence-corrected chi connectivity index (χ4v) is 2.85. The average molecular weight is 362 g/mol. The maximum Gasteiger partial charge on any atom is 0.293 e.